The van der Waals surface area contributed by atoms with Crippen LogP contribution in [0.2, 0.25) is 0 Å². The van der Waals surface area contributed by atoms with Gasteiger partial charge in [0.05, 0.1) is 24.4 Å². The highest BCUT2D eigenvalue weighted by Gasteiger charge is 2.14. The first-order valence-corrected chi connectivity index (χ1v) is 4.48. The number of benzene rings is 1. The Labute approximate surface area is 86.6 Å². The number of hydroxylamine groups is 2. The largest absolute Gasteiger partial charge is 0.278 e. The zero-order valence-electron chi connectivity index (χ0n) is 8.52. The van der Waals surface area contributed by atoms with Crippen molar-refractivity contribution < 1.29 is 9.63 Å². The Hall–Kier alpha value is -1.88. The lowest BCUT2D eigenvalue weighted by molar-refractivity contribution is -0.0755. The third-order valence-electron chi connectivity index (χ3n) is 2.28. The monoisotopic (exact) mass is 205 g/mol. The lowest BCUT2D eigenvalue weighted by atomic mass is 10.1. The van der Waals surface area contributed by atoms with Crippen LogP contribution in [0.3, 0.4) is 0 Å². The first-order valence-electron chi connectivity index (χ1n) is 4.48. The number of amides is 1. The fourth-order valence-corrected chi connectivity index (χ4v) is 1.41. The van der Waals surface area contributed by atoms with Crippen molar-refractivity contribution in [3.63, 3.8) is 0 Å². The summed E-state index contributed by atoms with van der Waals surface area (Å²) >= 11 is 0. The third-order valence-corrected chi connectivity index (χ3v) is 2.28. The Balaban J connectivity index is 2.51. The Morgan fingerprint density at radius 2 is 2.33 bits per heavy atom. The summed E-state index contributed by atoms with van der Waals surface area (Å²) in [5, 5.41) is 8.68. The minimum absolute atomic E-state index is 0.190. The molecule has 15 heavy (non-hydrogen) atoms. The molecule has 2 aromatic rings. The van der Waals surface area contributed by atoms with E-state index in [0.717, 1.165) is 10.9 Å². The molecule has 0 aliphatic heterocycles. The first kappa shape index (κ1) is 9.67. The van der Waals surface area contributed by atoms with Crippen molar-refractivity contribution in [1.29, 1.82) is 0 Å². The summed E-state index contributed by atoms with van der Waals surface area (Å²) in [6.07, 6.45) is 1.63. The second-order valence-electron chi connectivity index (χ2n) is 3.12. The SMILES string of the molecule is CON(C)C(=O)c1cccc2[nH]ncc12. The maximum atomic E-state index is 11.8. The molecule has 0 unspecified atom stereocenters. The molecule has 1 aromatic carbocycles. The van der Waals surface area contributed by atoms with Crippen LogP contribution in [0.5, 0.6) is 0 Å². The van der Waals surface area contributed by atoms with Crippen LogP contribution in [0.1, 0.15) is 10.4 Å². The summed E-state index contributed by atoms with van der Waals surface area (Å²) in [4.78, 5) is 16.7. The fourth-order valence-electron chi connectivity index (χ4n) is 1.41. The van der Waals surface area contributed by atoms with Crippen molar-refractivity contribution in [3.8, 4) is 0 Å². The number of nitrogens with one attached hydrogen (secondary N) is 1. The second kappa shape index (κ2) is 3.70. The first-order chi connectivity index (χ1) is 7.24. The van der Waals surface area contributed by atoms with E-state index in [9.17, 15) is 4.79 Å². The van der Waals surface area contributed by atoms with E-state index in [4.69, 9.17) is 4.84 Å². The fraction of sp³-hybridized carbons (Fsp3) is 0.200. The smallest absolute Gasteiger partial charge is 0.277 e. The molecule has 0 radical (unpaired) electrons. The van der Waals surface area contributed by atoms with Crippen molar-refractivity contribution in [2.24, 2.45) is 0 Å². The maximum absolute atomic E-state index is 11.8. The minimum Gasteiger partial charge on any atom is -0.278 e. The van der Waals surface area contributed by atoms with E-state index in [1.165, 1.54) is 12.2 Å². The molecule has 0 bridgehead atoms. The van der Waals surface area contributed by atoms with Crippen LogP contribution in [-0.4, -0.2) is 35.3 Å². The van der Waals surface area contributed by atoms with Gasteiger partial charge >= 0.3 is 0 Å². The Morgan fingerprint density at radius 3 is 3.07 bits per heavy atom. The summed E-state index contributed by atoms with van der Waals surface area (Å²) in [6, 6.07) is 5.42. The Bertz CT molecular complexity index is 492. The average molecular weight is 205 g/mol. The molecule has 0 fully saturated rings. The Kier molecular flexibility index (Phi) is 2.39. The van der Waals surface area contributed by atoms with Crippen molar-refractivity contribution in [1.82, 2.24) is 15.3 Å². The Morgan fingerprint density at radius 1 is 1.53 bits per heavy atom. The van der Waals surface area contributed by atoms with Crippen LogP contribution in [0.4, 0.5) is 0 Å². The van der Waals surface area contributed by atoms with Gasteiger partial charge in [-0.2, -0.15) is 5.10 Å². The van der Waals surface area contributed by atoms with Gasteiger partial charge in [0.2, 0.25) is 0 Å². The highest BCUT2D eigenvalue weighted by molar-refractivity contribution is 6.05. The zero-order valence-corrected chi connectivity index (χ0v) is 8.52. The molecule has 0 saturated carbocycles. The number of nitrogens with zero attached hydrogens (tertiary/aromatic N) is 2. The number of H-pyrrole nitrogens is 1. The topological polar surface area (TPSA) is 58.2 Å². The number of carbonyl (C=O) groups excluding carboxylic acids is 1. The van der Waals surface area contributed by atoms with E-state index < -0.39 is 0 Å². The number of carbonyl (C=O) groups is 1. The van der Waals surface area contributed by atoms with Crippen LogP contribution >= 0.6 is 0 Å². The highest BCUT2D eigenvalue weighted by Crippen LogP contribution is 2.17. The normalized spacial score (nSPS) is 10.5. The quantitative estimate of drug-likeness (QED) is 0.749. The lowest BCUT2D eigenvalue weighted by Gasteiger charge is -2.13. The van der Waals surface area contributed by atoms with Crippen molar-refractivity contribution in [2.45, 2.75) is 0 Å². The van der Waals surface area contributed by atoms with Gasteiger partial charge in [0.25, 0.3) is 5.91 Å². The van der Waals surface area contributed by atoms with Crippen LogP contribution in [-0.2, 0) is 4.84 Å². The van der Waals surface area contributed by atoms with Crippen molar-refractivity contribution in [3.05, 3.63) is 30.0 Å². The van der Waals surface area contributed by atoms with Gasteiger partial charge in [-0.15, -0.1) is 0 Å². The van der Waals surface area contributed by atoms with Crippen molar-refractivity contribution in [2.75, 3.05) is 14.2 Å². The molecule has 5 nitrogen and oxygen atoms in total. The van der Waals surface area contributed by atoms with E-state index >= 15 is 0 Å². The molecule has 1 N–H and O–H groups in total. The second-order valence-corrected chi connectivity index (χ2v) is 3.12. The summed E-state index contributed by atoms with van der Waals surface area (Å²) in [7, 11) is 3.02. The lowest BCUT2D eigenvalue weighted by Crippen LogP contribution is -2.25. The average Bonchev–Trinajstić information content (AvgIpc) is 2.74. The maximum Gasteiger partial charge on any atom is 0.277 e. The molecule has 1 amide bonds. The van der Waals surface area contributed by atoms with Crippen LogP contribution in [0, 0.1) is 0 Å². The molecule has 1 aromatic heterocycles. The summed E-state index contributed by atoms with van der Waals surface area (Å²) in [5.41, 5.74) is 1.41. The van der Waals surface area contributed by atoms with Crippen LogP contribution < -0.4 is 0 Å². The van der Waals surface area contributed by atoms with Gasteiger partial charge in [-0.05, 0) is 12.1 Å². The molecule has 0 aliphatic rings. The predicted octanol–water partition coefficient (Wildman–Crippen LogP) is 1.20. The van der Waals surface area contributed by atoms with Gasteiger partial charge in [-0.1, -0.05) is 6.07 Å². The molecular formula is C10H11N3O2. The molecule has 0 saturated heterocycles. The number of rotatable bonds is 2. The predicted molar refractivity (Wildman–Crippen MR) is 55.2 cm³/mol. The van der Waals surface area contributed by atoms with Gasteiger partial charge in [0.1, 0.15) is 0 Å². The van der Waals surface area contributed by atoms with Crippen molar-refractivity contribution >= 4 is 16.8 Å². The molecule has 5 heteroatoms. The number of hydrogen-bond donors (Lipinski definition) is 1. The molecule has 0 aliphatic carbocycles. The minimum atomic E-state index is -0.190. The number of aromatic amines is 1. The number of aromatic nitrogens is 2. The number of hydrogen-bond acceptors (Lipinski definition) is 3. The standard InChI is InChI=1S/C10H11N3O2/c1-13(15-2)10(14)7-4-3-5-9-8(7)6-11-12-9/h3-6H,1-2H3,(H,11,12). The summed E-state index contributed by atoms with van der Waals surface area (Å²) in [6.45, 7) is 0. The summed E-state index contributed by atoms with van der Waals surface area (Å²) < 4.78 is 0. The van der Waals surface area contributed by atoms with Gasteiger partial charge in [-0.25, -0.2) is 5.06 Å². The molecular weight excluding hydrogens is 194 g/mol. The molecule has 1 heterocycles. The van der Waals surface area contributed by atoms with E-state index in [0.29, 0.717) is 5.56 Å². The van der Waals surface area contributed by atoms with E-state index in [1.54, 1.807) is 25.4 Å². The molecule has 0 spiro atoms. The van der Waals surface area contributed by atoms with Gasteiger partial charge in [0, 0.05) is 12.4 Å². The summed E-state index contributed by atoms with van der Waals surface area (Å²) in [5.74, 6) is -0.190. The van der Waals surface area contributed by atoms with Gasteiger partial charge in [-0.3, -0.25) is 14.7 Å². The van der Waals surface area contributed by atoms with Gasteiger partial charge < -0.3 is 0 Å². The van der Waals surface area contributed by atoms with E-state index in [-0.39, 0.29) is 5.91 Å². The van der Waals surface area contributed by atoms with E-state index in [1.807, 2.05) is 6.07 Å². The molecule has 2 rings (SSSR count). The molecule has 78 valence electrons. The molecule has 0 atom stereocenters. The van der Waals surface area contributed by atoms with E-state index in [2.05, 4.69) is 10.2 Å². The highest BCUT2D eigenvalue weighted by atomic mass is 16.7. The van der Waals surface area contributed by atoms with Crippen LogP contribution in [0.25, 0.3) is 10.9 Å². The number of fused-ring (bicyclic) bond motifs is 1. The third kappa shape index (κ3) is 1.57. The zero-order chi connectivity index (χ0) is 10.8. The van der Waals surface area contributed by atoms with Gasteiger partial charge in [0.15, 0.2) is 0 Å². The van der Waals surface area contributed by atoms with Crippen LogP contribution in [0.15, 0.2) is 24.4 Å².